The maximum atomic E-state index is 13.2. The summed E-state index contributed by atoms with van der Waals surface area (Å²) >= 11 is 0. The molecule has 11 heteroatoms. The highest BCUT2D eigenvalue weighted by molar-refractivity contribution is 5.80. The number of rotatable bonds is 53. The largest absolute Gasteiger partial charge is 0.394 e. The van der Waals surface area contributed by atoms with Crippen LogP contribution in [0.2, 0.25) is 0 Å². The Hall–Kier alpha value is -2.19. The van der Waals surface area contributed by atoms with E-state index in [2.05, 4.69) is 73.0 Å². The summed E-state index contributed by atoms with van der Waals surface area (Å²) in [5.74, 6) is -0.713. The highest BCUT2D eigenvalue weighted by Gasteiger charge is 2.44. The van der Waals surface area contributed by atoms with Crippen LogP contribution in [-0.2, 0) is 14.3 Å². The Balaban J connectivity index is 2.15. The van der Waals surface area contributed by atoms with E-state index in [4.69, 9.17) is 9.47 Å². The van der Waals surface area contributed by atoms with E-state index in [9.17, 15) is 40.5 Å². The van der Waals surface area contributed by atoms with Crippen molar-refractivity contribution in [2.24, 2.45) is 0 Å². The number of aliphatic hydroxyl groups is 7. The van der Waals surface area contributed by atoms with Gasteiger partial charge >= 0.3 is 0 Å². The van der Waals surface area contributed by atoms with Crippen molar-refractivity contribution in [1.82, 2.24) is 5.32 Å². The van der Waals surface area contributed by atoms with Crippen LogP contribution < -0.4 is 5.32 Å². The van der Waals surface area contributed by atoms with Gasteiger partial charge in [-0.05, 0) is 90.4 Å². The molecule has 9 atom stereocenters. The first-order chi connectivity index (χ1) is 36.7. The number of hydrogen-bond donors (Lipinski definition) is 8. The minimum absolute atomic E-state index is 0.239. The molecule has 1 amide bonds. The Labute approximate surface area is 459 Å². The molecule has 1 saturated heterocycles. The van der Waals surface area contributed by atoms with Crippen LogP contribution in [0.15, 0.2) is 60.8 Å². The van der Waals surface area contributed by atoms with Gasteiger partial charge in [-0.1, -0.05) is 241 Å². The molecule has 75 heavy (non-hydrogen) atoms. The molecule has 1 aliphatic rings. The molecule has 11 nitrogen and oxygen atoms in total. The molecule has 0 aromatic heterocycles. The number of ether oxygens (including phenoxy) is 2. The summed E-state index contributed by atoms with van der Waals surface area (Å²) in [5.41, 5.74) is 0. The second kappa shape index (κ2) is 52.5. The van der Waals surface area contributed by atoms with Crippen LogP contribution in [0, 0.1) is 0 Å². The molecule has 438 valence electrons. The van der Waals surface area contributed by atoms with Gasteiger partial charge in [-0.2, -0.15) is 0 Å². The van der Waals surface area contributed by atoms with Gasteiger partial charge in [0, 0.05) is 0 Å². The third-order valence-electron chi connectivity index (χ3n) is 14.8. The molecule has 0 aromatic carbocycles. The minimum atomic E-state index is -1.67. The normalized spacial score (nSPS) is 20.1. The van der Waals surface area contributed by atoms with Crippen LogP contribution in [0.4, 0.5) is 0 Å². The number of nitrogens with one attached hydrogen (secondary N) is 1. The third-order valence-corrected chi connectivity index (χ3v) is 14.8. The van der Waals surface area contributed by atoms with Gasteiger partial charge in [0.15, 0.2) is 6.29 Å². The van der Waals surface area contributed by atoms with Crippen molar-refractivity contribution < 1.29 is 50.0 Å². The number of amides is 1. The molecule has 0 aliphatic carbocycles. The predicted octanol–water partition coefficient (Wildman–Crippen LogP) is 13.8. The molecule has 1 fully saturated rings. The van der Waals surface area contributed by atoms with E-state index >= 15 is 0 Å². The van der Waals surface area contributed by atoms with Gasteiger partial charge < -0.3 is 50.5 Å². The molecule has 9 unspecified atom stereocenters. The van der Waals surface area contributed by atoms with Crippen LogP contribution in [0.1, 0.15) is 271 Å². The Morgan fingerprint density at radius 1 is 0.493 bits per heavy atom. The molecule has 8 N–H and O–H groups in total. The lowest BCUT2D eigenvalue weighted by Gasteiger charge is -2.40. The minimum Gasteiger partial charge on any atom is -0.394 e. The predicted molar refractivity (Wildman–Crippen MR) is 311 cm³/mol. The zero-order valence-corrected chi connectivity index (χ0v) is 48.0. The first-order valence-corrected chi connectivity index (χ1v) is 31.2. The summed E-state index contributed by atoms with van der Waals surface area (Å²) < 4.78 is 11.1. The zero-order chi connectivity index (χ0) is 54.7. The van der Waals surface area contributed by atoms with Crippen LogP contribution in [0.3, 0.4) is 0 Å². The smallest absolute Gasteiger partial charge is 0.249 e. The molecule has 0 aromatic rings. The molecular weight excluding hydrogens is 943 g/mol. The van der Waals surface area contributed by atoms with E-state index in [1.807, 2.05) is 6.92 Å². The van der Waals surface area contributed by atoms with Crippen LogP contribution in [0.25, 0.3) is 0 Å². The van der Waals surface area contributed by atoms with Gasteiger partial charge in [0.1, 0.15) is 36.6 Å². The van der Waals surface area contributed by atoms with Gasteiger partial charge in [-0.3, -0.25) is 4.79 Å². The van der Waals surface area contributed by atoms with E-state index in [0.29, 0.717) is 19.3 Å². The number of unbranched alkanes of at least 4 members (excludes halogenated alkanes) is 32. The summed E-state index contributed by atoms with van der Waals surface area (Å²) in [6.45, 7) is 3.22. The fraction of sp³-hybridized carbons (Fsp3) is 0.828. The van der Waals surface area contributed by atoms with Crippen LogP contribution in [0.5, 0.6) is 0 Å². The van der Waals surface area contributed by atoms with E-state index in [1.54, 1.807) is 0 Å². The van der Waals surface area contributed by atoms with Crippen LogP contribution >= 0.6 is 0 Å². The van der Waals surface area contributed by atoms with E-state index < -0.39 is 74.2 Å². The van der Waals surface area contributed by atoms with Crippen molar-refractivity contribution in [2.75, 3.05) is 13.2 Å². The highest BCUT2D eigenvalue weighted by Crippen LogP contribution is 2.23. The van der Waals surface area contributed by atoms with Gasteiger partial charge in [-0.15, -0.1) is 0 Å². The highest BCUT2D eigenvalue weighted by atomic mass is 16.7. The van der Waals surface area contributed by atoms with Crippen molar-refractivity contribution in [1.29, 1.82) is 0 Å². The number of aliphatic hydroxyl groups excluding tert-OH is 7. The van der Waals surface area contributed by atoms with Crippen molar-refractivity contribution in [3.05, 3.63) is 60.8 Å². The Morgan fingerprint density at radius 3 is 1.35 bits per heavy atom. The summed E-state index contributed by atoms with van der Waals surface area (Å²) in [7, 11) is 0. The molecule has 1 aliphatic heterocycles. The number of carbonyl (C=O) groups is 1. The quantitative estimate of drug-likeness (QED) is 0.0215. The zero-order valence-electron chi connectivity index (χ0n) is 48.0. The van der Waals surface area contributed by atoms with Gasteiger partial charge in [0.2, 0.25) is 5.91 Å². The molecule has 0 bridgehead atoms. The second-order valence-electron chi connectivity index (χ2n) is 21.8. The maximum absolute atomic E-state index is 13.2. The standard InChI is InChI=1S/C64H117NO10/c1-3-5-7-9-11-13-15-17-18-19-20-21-22-23-24-25-26-27-28-29-30-31-32-33-34-35-36-37-38-39-40-42-44-46-48-50-52-57(68)63(73)65-55(54-74-64-62(72)61(71)60(70)58(53-66)75-64)59(69)56(67)51-49-47-45-43-41-16-14-12-10-8-6-4-2/h4,6,12,14,24-25,27-28,43,45,55-62,64,66-72H,3,5,7-11,13,15-23,26,29-42,44,46-54H2,1-2H3,(H,65,73)/b6-4+,14-12+,25-24-,28-27-,45-43+. The summed E-state index contributed by atoms with van der Waals surface area (Å²) in [5, 5.41) is 75.9. The number of carbonyl (C=O) groups excluding carboxylic acids is 1. The third kappa shape index (κ3) is 40.6. The fourth-order valence-electron chi connectivity index (χ4n) is 9.81. The molecule has 0 radical (unpaired) electrons. The van der Waals surface area contributed by atoms with Gasteiger partial charge in [0.05, 0.1) is 25.4 Å². The molecule has 1 heterocycles. The van der Waals surface area contributed by atoms with Gasteiger partial charge in [0.25, 0.3) is 0 Å². The van der Waals surface area contributed by atoms with Crippen molar-refractivity contribution in [2.45, 2.75) is 326 Å². The Morgan fingerprint density at radius 2 is 0.893 bits per heavy atom. The van der Waals surface area contributed by atoms with Crippen molar-refractivity contribution >= 4 is 5.91 Å². The first-order valence-electron chi connectivity index (χ1n) is 31.2. The summed E-state index contributed by atoms with van der Waals surface area (Å²) in [4.78, 5) is 13.2. The lowest BCUT2D eigenvalue weighted by Crippen LogP contribution is -2.60. The number of allylic oxidation sites excluding steroid dienone is 10. The fourth-order valence-corrected chi connectivity index (χ4v) is 9.81. The average Bonchev–Trinajstić information content (AvgIpc) is 3.41. The molecule has 1 rings (SSSR count). The van der Waals surface area contributed by atoms with E-state index in [1.165, 1.54) is 173 Å². The Kier molecular flexibility index (Phi) is 49.6. The first kappa shape index (κ1) is 70.8. The molecule has 0 spiro atoms. The van der Waals surface area contributed by atoms with Crippen molar-refractivity contribution in [3.63, 3.8) is 0 Å². The van der Waals surface area contributed by atoms with E-state index in [0.717, 1.165) is 51.4 Å². The van der Waals surface area contributed by atoms with E-state index in [-0.39, 0.29) is 12.8 Å². The molecular formula is C64H117NO10. The monoisotopic (exact) mass is 1060 g/mol. The topological polar surface area (TPSA) is 189 Å². The lowest BCUT2D eigenvalue weighted by atomic mass is 9.98. The molecule has 0 saturated carbocycles. The Bertz CT molecular complexity index is 1400. The van der Waals surface area contributed by atoms with Gasteiger partial charge in [-0.25, -0.2) is 0 Å². The van der Waals surface area contributed by atoms with Crippen LogP contribution in [-0.4, -0.2) is 110 Å². The maximum Gasteiger partial charge on any atom is 0.249 e. The van der Waals surface area contributed by atoms with Crippen molar-refractivity contribution in [3.8, 4) is 0 Å². The summed E-state index contributed by atoms with van der Waals surface area (Å²) in [6, 6.07) is -1.20. The lowest BCUT2D eigenvalue weighted by molar-refractivity contribution is -0.303. The average molecular weight is 1060 g/mol. The number of hydrogen-bond acceptors (Lipinski definition) is 10. The summed E-state index contributed by atoms with van der Waals surface area (Å²) in [6.07, 6.45) is 57.7. The second-order valence-corrected chi connectivity index (χ2v) is 21.8. The SMILES string of the molecule is C/C=C/CC/C=C/CC/C=C/CCCC(O)C(O)C(COC1OC(CO)C(O)C(O)C1O)NC(=O)C(O)CCCCCCCCCCCCCCCCCC/C=C\C/C=C\CCCCCCCCCCCCCCC.